The van der Waals surface area contributed by atoms with E-state index in [-0.39, 0.29) is 11.5 Å². The van der Waals surface area contributed by atoms with Crippen LogP contribution in [0.2, 0.25) is 0 Å². The minimum atomic E-state index is -2.98. The topological polar surface area (TPSA) is 90.8 Å². The highest BCUT2D eigenvalue weighted by molar-refractivity contribution is 7.91. The largest absolute Gasteiger partial charge is 0.357 e. The summed E-state index contributed by atoms with van der Waals surface area (Å²) in [6.45, 7) is 7.92. The Morgan fingerprint density at radius 1 is 1.21 bits per heavy atom. The zero-order valence-electron chi connectivity index (χ0n) is 14.3. The van der Waals surface area contributed by atoms with Crippen LogP contribution in [-0.4, -0.2) is 80.0 Å². The Morgan fingerprint density at radius 3 is 2.46 bits per heavy atom. The first-order valence-corrected chi connectivity index (χ1v) is 10.1. The van der Waals surface area contributed by atoms with Gasteiger partial charge >= 0.3 is 0 Å². The number of piperazine rings is 1. The summed E-state index contributed by atoms with van der Waals surface area (Å²) >= 11 is 0. The van der Waals surface area contributed by atoms with Crippen LogP contribution in [-0.2, 0) is 9.84 Å². The first kappa shape index (κ1) is 18.4. The Labute approximate surface area is 143 Å². The number of guanidine groups is 1. The molecule has 1 N–H and O–H groups in total. The Bertz CT molecular complexity index is 627. The second-order valence-corrected chi connectivity index (χ2v) is 7.97. The second kappa shape index (κ2) is 8.81. The molecule has 0 amide bonds. The van der Waals surface area contributed by atoms with Crippen LogP contribution in [0.25, 0.3) is 0 Å². The molecule has 134 valence electrons. The molecule has 0 unspecified atom stereocenters. The van der Waals surface area contributed by atoms with E-state index in [4.69, 9.17) is 0 Å². The molecule has 1 aliphatic rings. The van der Waals surface area contributed by atoms with Gasteiger partial charge in [-0.3, -0.25) is 4.99 Å². The average Bonchev–Trinajstić information content (AvgIpc) is 2.62. The van der Waals surface area contributed by atoms with Gasteiger partial charge in [0.05, 0.1) is 12.3 Å². The van der Waals surface area contributed by atoms with Crippen molar-refractivity contribution in [2.24, 2.45) is 4.99 Å². The molecule has 0 aromatic carbocycles. The lowest BCUT2D eigenvalue weighted by Gasteiger charge is -2.36. The summed E-state index contributed by atoms with van der Waals surface area (Å²) in [5, 5.41) is 3.24. The number of hydrogen-bond acceptors (Lipinski definition) is 6. The Balaban J connectivity index is 1.93. The van der Waals surface area contributed by atoms with Crippen LogP contribution >= 0.6 is 0 Å². The molecule has 0 atom stereocenters. The van der Waals surface area contributed by atoms with E-state index in [9.17, 15) is 8.42 Å². The highest BCUT2D eigenvalue weighted by Gasteiger charge is 2.21. The molecule has 2 heterocycles. The number of aromatic nitrogens is 2. The monoisotopic (exact) mass is 354 g/mol. The molecule has 24 heavy (non-hydrogen) atoms. The Kier molecular flexibility index (Phi) is 6.77. The molecule has 0 aliphatic carbocycles. The van der Waals surface area contributed by atoms with E-state index in [0.717, 1.165) is 44.6 Å². The fourth-order valence-corrected chi connectivity index (χ4v) is 3.09. The Hall–Kier alpha value is -1.90. The minimum Gasteiger partial charge on any atom is -0.357 e. The van der Waals surface area contributed by atoms with E-state index in [0.29, 0.717) is 6.54 Å². The maximum absolute atomic E-state index is 11.6. The van der Waals surface area contributed by atoms with Gasteiger partial charge in [-0.25, -0.2) is 18.4 Å². The zero-order chi connectivity index (χ0) is 17.4. The van der Waals surface area contributed by atoms with Gasteiger partial charge < -0.3 is 15.1 Å². The van der Waals surface area contributed by atoms with Gasteiger partial charge in [0.2, 0.25) is 5.95 Å². The normalized spacial score (nSPS) is 16.3. The fourth-order valence-electron chi connectivity index (χ4n) is 2.43. The van der Waals surface area contributed by atoms with Crippen LogP contribution < -0.4 is 10.2 Å². The standard InChI is InChI=1S/C15H26N6O2S/c1-3-16-14(19-8-13-24(22,23)4-2)20-9-11-21(12-10-20)15-17-6-5-7-18-15/h5-7H,3-4,8-13H2,1-2H3,(H,16,19). The van der Waals surface area contributed by atoms with E-state index >= 15 is 0 Å². The smallest absolute Gasteiger partial charge is 0.225 e. The SMILES string of the molecule is CCNC(=NCCS(=O)(=O)CC)N1CCN(c2ncccn2)CC1. The lowest BCUT2D eigenvalue weighted by atomic mass is 10.3. The van der Waals surface area contributed by atoms with Crippen molar-refractivity contribution >= 4 is 21.7 Å². The maximum Gasteiger partial charge on any atom is 0.225 e. The summed E-state index contributed by atoms with van der Waals surface area (Å²) < 4.78 is 23.2. The molecule has 1 aliphatic heterocycles. The number of nitrogens with zero attached hydrogens (tertiary/aromatic N) is 5. The summed E-state index contributed by atoms with van der Waals surface area (Å²) in [5.41, 5.74) is 0. The van der Waals surface area contributed by atoms with Gasteiger partial charge in [0.25, 0.3) is 0 Å². The third-order valence-corrected chi connectivity index (χ3v) is 5.54. The van der Waals surface area contributed by atoms with Gasteiger partial charge in [-0.1, -0.05) is 6.92 Å². The average molecular weight is 354 g/mol. The van der Waals surface area contributed by atoms with Crippen LogP contribution in [0.1, 0.15) is 13.8 Å². The van der Waals surface area contributed by atoms with Crippen molar-refractivity contribution in [3.8, 4) is 0 Å². The van der Waals surface area contributed by atoms with Crippen molar-refractivity contribution in [1.29, 1.82) is 0 Å². The summed E-state index contributed by atoms with van der Waals surface area (Å²) in [6, 6.07) is 1.81. The molecular formula is C15H26N6O2S. The highest BCUT2D eigenvalue weighted by Crippen LogP contribution is 2.09. The molecule has 1 aromatic rings. The molecular weight excluding hydrogens is 328 g/mol. The predicted octanol–water partition coefficient (Wildman–Crippen LogP) is -0.00120. The summed E-state index contributed by atoms with van der Waals surface area (Å²) in [6.07, 6.45) is 3.49. The molecule has 0 radical (unpaired) electrons. The van der Waals surface area contributed by atoms with Crippen LogP contribution in [0.3, 0.4) is 0 Å². The van der Waals surface area contributed by atoms with E-state index in [1.165, 1.54) is 0 Å². The van der Waals surface area contributed by atoms with Crippen molar-refractivity contribution in [3.05, 3.63) is 18.5 Å². The third-order valence-electron chi connectivity index (χ3n) is 3.85. The van der Waals surface area contributed by atoms with E-state index in [2.05, 4.69) is 30.1 Å². The minimum absolute atomic E-state index is 0.0935. The number of rotatable bonds is 6. The summed E-state index contributed by atoms with van der Waals surface area (Å²) in [4.78, 5) is 17.3. The number of aliphatic imine (C=N–C) groups is 1. The molecule has 0 saturated carbocycles. The molecule has 2 rings (SSSR count). The van der Waals surface area contributed by atoms with Gasteiger partial charge in [0.15, 0.2) is 15.8 Å². The molecule has 9 heteroatoms. The fraction of sp³-hybridized carbons (Fsp3) is 0.667. The summed E-state index contributed by atoms with van der Waals surface area (Å²) in [5.74, 6) is 1.77. The molecule has 1 aromatic heterocycles. The van der Waals surface area contributed by atoms with Crippen LogP contribution in [0.5, 0.6) is 0 Å². The van der Waals surface area contributed by atoms with Gasteiger partial charge in [-0.15, -0.1) is 0 Å². The van der Waals surface area contributed by atoms with Crippen molar-refractivity contribution in [2.45, 2.75) is 13.8 Å². The van der Waals surface area contributed by atoms with Crippen LogP contribution in [0.15, 0.2) is 23.5 Å². The first-order valence-electron chi connectivity index (χ1n) is 8.31. The number of nitrogens with one attached hydrogen (secondary N) is 1. The van der Waals surface area contributed by atoms with E-state index in [1.54, 1.807) is 25.4 Å². The zero-order valence-corrected chi connectivity index (χ0v) is 15.2. The number of anilines is 1. The van der Waals surface area contributed by atoms with E-state index in [1.807, 2.05) is 6.92 Å². The van der Waals surface area contributed by atoms with Crippen molar-refractivity contribution < 1.29 is 8.42 Å². The lowest BCUT2D eigenvalue weighted by molar-refractivity contribution is 0.370. The molecule has 0 spiro atoms. The quantitative estimate of drug-likeness (QED) is 0.568. The third kappa shape index (κ3) is 5.33. The van der Waals surface area contributed by atoms with Crippen molar-refractivity contribution in [3.63, 3.8) is 0 Å². The van der Waals surface area contributed by atoms with E-state index < -0.39 is 9.84 Å². The van der Waals surface area contributed by atoms with Crippen molar-refractivity contribution in [2.75, 3.05) is 55.7 Å². The summed E-state index contributed by atoms with van der Waals surface area (Å²) in [7, 11) is -2.98. The number of hydrogen-bond donors (Lipinski definition) is 1. The maximum atomic E-state index is 11.6. The first-order chi connectivity index (χ1) is 11.6. The molecule has 8 nitrogen and oxygen atoms in total. The van der Waals surface area contributed by atoms with Gasteiger partial charge in [0.1, 0.15) is 0 Å². The molecule has 1 saturated heterocycles. The van der Waals surface area contributed by atoms with Crippen LogP contribution in [0, 0.1) is 0 Å². The number of sulfone groups is 1. The highest BCUT2D eigenvalue weighted by atomic mass is 32.2. The second-order valence-electron chi connectivity index (χ2n) is 5.49. The van der Waals surface area contributed by atoms with Gasteiger partial charge in [-0.2, -0.15) is 0 Å². The molecule has 1 fully saturated rings. The lowest BCUT2D eigenvalue weighted by Crippen LogP contribution is -2.53. The van der Waals surface area contributed by atoms with Crippen molar-refractivity contribution in [1.82, 2.24) is 20.2 Å². The van der Waals surface area contributed by atoms with Crippen LogP contribution in [0.4, 0.5) is 5.95 Å². The Morgan fingerprint density at radius 2 is 1.88 bits per heavy atom. The van der Waals surface area contributed by atoms with Gasteiger partial charge in [0, 0.05) is 50.9 Å². The predicted molar refractivity (Wildman–Crippen MR) is 96.1 cm³/mol. The molecule has 0 bridgehead atoms. The van der Waals surface area contributed by atoms with Gasteiger partial charge in [-0.05, 0) is 13.0 Å².